The Hall–Kier alpha value is -3.36. The molecule has 2 aromatic rings. The van der Waals surface area contributed by atoms with Crippen LogP contribution in [0.4, 0.5) is 0 Å². The Kier molecular flexibility index (Phi) is 7.40. The summed E-state index contributed by atoms with van der Waals surface area (Å²) in [5.41, 5.74) is 3.87. The van der Waals surface area contributed by atoms with Crippen LogP contribution in [0, 0.1) is 0 Å². The molecule has 2 amide bonds. The number of aliphatic hydroxyl groups excluding tert-OH is 2. The molecular weight excluding hydrogens is 440 g/mol. The third-order valence-corrected chi connectivity index (χ3v) is 5.22. The first-order valence-corrected chi connectivity index (χ1v) is 9.87. The zero-order chi connectivity index (χ0) is 24.3. The molecule has 3 rings (SSSR count). The van der Waals surface area contributed by atoms with Gasteiger partial charge < -0.3 is 30.5 Å². The van der Waals surface area contributed by atoms with Crippen molar-refractivity contribution in [3.8, 4) is 5.75 Å². The van der Waals surface area contributed by atoms with Gasteiger partial charge in [-0.1, -0.05) is 12.1 Å². The number of benzene rings is 1. The van der Waals surface area contributed by atoms with Crippen LogP contribution in [0.3, 0.4) is 0 Å². The van der Waals surface area contributed by atoms with Gasteiger partial charge in [0.2, 0.25) is 5.91 Å². The van der Waals surface area contributed by atoms with E-state index < -0.39 is 65.8 Å². The lowest BCUT2D eigenvalue weighted by Gasteiger charge is -2.20. The number of carbonyl (C=O) groups excluding carboxylic acids is 2. The number of methoxy groups -OCH3 is 1. The highest BCUT2D eigenvalue weighted by Gasteiger charge is 2.45. The lowest BCUT2D eigenvalue weighted by Crippen LogP contribution is -2.47. The topological polar surface area (TPSA) is 206 Å². The van der Waals surface area contributed by atoms with Crippen LogP contribution in [0.15, 0.2) is 40.1 Å². The van der Waals surface area contributed by atoms with Gasteiger partial charge in [-0.2, -0.15) is 0 Å². The zero-order valence-electron chi connectivity index (χ0n) is 17.5. The second-order valence-corrected chi connectivity index (χ2v) is 7.44. The summed E-state index contributed by atoms with van der Waals surface area (Å²) in [7, 11) is 1.25. The van der Waals surface area contributed by atoms with Crippen molar-refractivity contribution in [3.05, 3.63) is 62.4 Å². The van der Waals surface area contributed by atoms with Crippen molar-refractivity contribution in [1.29, 1.82) is 0 Å². The fourth-order valence-electron chi connectivity index (χ4n) is 3.43. The Labute approximate surface area is 186 Å². The van der Waals surface area contributed by atoms with E-state index >= 15 is 0 Å². The molecule has 0 aliphatic carbocycles. The number of nitrogens with one attached hydrogen (secondary N) is 2. The van der Waals surface area contributed by atoms with Gasteiger partial charge in [0.15, 0.2) is 6.23 Å². The van der Waals surface area contributed by atoms with Gasteiger partial charge >= 0.3 is 5.69 Å². The molecule has 1 aliphatic rings. The second-order valence-electron chi connectivity index (χ2n) is 7.44. The molecule has 33 heavy (non-hydrogen) atoms. The molecule has 0 saturated carbocycles. The van der Waals surface area contributed by atoms with Gasteiger partial charge in [0.1, 0.15) is 29.6 Å². The van der Waals surface area contributed by atoms with E-state index in [0.29, 0.717) is 5.56 Å². The van der Waals surface area contributed by atoms with E-state index in [9.17, 15) is 34.5 Å². The van der Waals surface area contributed by atoms with Crippen LogP contribution in [0.1, 0.15) is 22.1 Å². The third-order valence-electron chi connectivity index (χ3n) is 5.22. The third kappa shape index (κ3) is 5.18. The monoisotopic (exact) mass is 464 g/mol. The maximum atomic E-state index is 12.6. The number of hydrogen-bond donors (Lipinski definition) is 6. The molecule has 1 aliphatic heterocycles. The van der Waals surface area contributed by atoms with Crippen molar-refractivity contribution >= 4 is 11.8 Å². The molecule has 7 N–H and O–H groups in total. The van der Waals surface area contributed by atoms with Crippen molar-refractivity contribution in [2.45, 2.75) is 37.0 Å². The van der Waals surface area contributed by atoms with Gasteiger partial charge in [-0.05, 0) is 24.1 Å². The number of carbonyl (C=O) groups is 2. The number of phenolic OH excluding ortho intramolecular Hbond substituents is 1. The molecule has 1 aromatic carbocycles. The molecular formula is C20H24N4O9. The van der Waals surface area contributed by atoms with Crippen LogP contribution in [0.25, 0.3) is 0 Å². The van der Waals surface area contributed by atoms with Gasteiger partial charge in [-0.3, -0.25) is 29.3 Å². The number of aromatic nitrogens is 2. The molecule has 2 heterocycles. The predicted octanol–water partition coefficient (Wildman–Crippen LogP) is -2.67. The van der Waals surface area contributed by atoms with Crippen LogP contribution in [0.2, 0.25) is 0 Å². The first-order valence-electron chi connectivity index (χ1n) is 9.87. The summed E-state index contributed by atoms with van der Waals surface area (Å²) in [6.45, 7) is -0.559. The number of aromatic amines is 1. The summed E-state index contributed by atoms with van der Waals surface area (Å²) in [5, 5.41) is 30.8. The molecule has 13 heteroatoms. The Morgan fingerprint density at radius 2 is 1.97 bits per heavy atom. The number of rotatable bonds is 7. The molecule has 178 valence electrons. The van der Waals surface area contributed by atoms with Gasteiger partial charge in [-0.15, -0.1) is 0 Å². The average Bonchev–Trinajstić information content (AvgIpc) is 3.10. The predicted molar refractivity (Wildman–Crippen MR) is 111 cm³/mol. The summed E-state index contributed by atoms with van der Waals surface area (Å²) in [5.74, 6) is -1.93. The number of phenols is 1. The number of ether oxygens (including phenoxy) is 2. The minimum absolute atomic E-state index is 0.0427. The molecule has 13 nitrogen and oxygen atoms in total. The molecule has 0 bridgehead atoms. The normalized spacial score (nSPS) is 23.3. The molecule has 1 fully saturated rings. The minimum Gasteiger partial charge on any atom is -0.508 e. The van der Waals surface area contributed by atoms with Crippen molar-refractivity contribution in [2.75, 3.05) is 13.7 Å². The summed E-state index contributed by atoms with van der Waals surface area (Å²) < 4.78 is 11.4. The SMILES string of the molecule is CO[C@@H]1[C@@H](O)[C@@H](CO)O[C@H]1n1cc(C(=O)NC(=O)[C@@H](N)Cc2ccc(O)cc2)c(=O)[nH]c1=O. The van der Waals surface area contributed by atoms with E-state index in [1.807, 2.05) is 10.3 Å². The van der Waals surface area contributed by atoms with Gasteiger partial charge in [-0.25, -0.2) is 4.79 Å². The van der Waals surface area contributed by atoms with E-state index in [4.69, 9.17) is 15.2 Å². The van der Waals surface area contributed by atoms with Gasteiger partial charge in [0, 0.05) is 13.3 Å². The van der Waals surface area contributed by atoms with Gasteiger partial charge in [0.05, 0.1) is 12.6 Å². The van der Waals surface area contributed by atoms with Crippen molar-refractivity contribution < 1.29 is 34.4 Å². The van der Waals surface area contributed by atoms with Crippen LogP contribution in [-0.4, -0.2) is 74.8 Å². The molecule has 1 aromatic heterocycles. The number of hydrogen-bond acceptors (Lipinski definition) is 10. The number of imide groups is 1. The standard InChI is InChI=1S/C20H24N4O9/c1-32-15-14(27)13(8-25)33-19(15)24-7-11(17(29)23-20(24)31)16(28)22-18(30)12(21)6-9-2-4-10(26)5-3-9/h2-5,7,12-15,19,25-27H,6,8,21H2,1H3,(H,22,28,30)(H,23,29,31)/t12-,13+,14-,15+,19+/m0/s1. The number of aromatic hydroxyl groups is 1. The lowest BCUT2D eigenvalue weighted by atomic mass is 10.1. The summed E-state index contributed by atoms with van der Waals surface area (Å²) in [4.78, 5) is 51.4. The first kappa shape index (κ1) is 24.3. The fourth-order valence-corrected chi connectivity index (χ4v) is 3.43. The molecule has 1 saturated heterocycles. The van der Waals surface area contributed by atoms with Crippen LogP contribution in [0.5, 0.6) is 5.75 Å². The van der Waals surface area contributed by atoms with E-state index in [2.05, 4.69) is 0 Å². The Bertz CT molecular complexity index is 1130. The number of H-pyrrole nitrogens is 1. The highest BCUT2D eigenvalue weighted by molar-refractivity contribution is 6.05. The van der Waals surface area contributed by atoms with E-state index in [0.717, 1.165) is 10.8 Å². The van der Waals surface area contributed by atoms with E-state index in [-0.39, 0.29) is 12.2 Å². The number of aliphatic hydroxyl groups is 2. The fraction of sp³-hybridized carbons (Fsp3) is 0.400. The zero-order valence-corrected chi connectivity index (χ0v) is 17.5. The highest BCUT2D eigenvalue weighted by Crippen LogP contribution is 2.30. The van der Waals surface area contributed by atoms with E-state index in [1.54, 1.807) is 12.1 Å². The van der Waals surface area contributed by atoms with Crippen LogP contribution >= 0.6 is 0 Å². The molecule has 5 atom stereocenters. The minimum atomic E-state index is -1.28. The summed E-state index contributed by atoms with van der Waals surface area (Å²) in [6.07, 6.45) is -3.75. The maximum Gasteiger partial charge on any atom is 0.330 e. The smallest absolute Gasteiger partial charge is 0.330 e. The van der Waals surface area contributed by atoms with E-state index in [1.165, 1.54) is 19.2 Å². The molecule has 0 spiro atoms. The largest absolute Gasteiger partial charge is 0.508 e. The average molecular weight is 464 g/mol. The molecule has 0 unspecified atom stereocenters. The quantitative estimate of drug-likeness (QED) is 0.251. The molecule has 0 radical (unpaired) electrons. The Balaban J connectivity index is 1.79. The van der Waals surface area contributed by atoms with Crippen molar-refractivity contribution in [2.24, 2.45) is 5.73 Å². The first-order chi connectivity index (χ1) is 15.7. The van der Waals surface area contributed by atoms with Crippen LogP contribution in [-0.2, 0) is 20.7 Å². The number of amides is 2. The van der Waals surface area contributed by atoms with Crippen LogP contribution < -0.4 is 22.3 Å². The maximum absolute atomic E-state index is 12.6. The Morgan fingerprint density at radius 3 is 2.58 bits per heavy atom. The van der Waals surface area contributed by atoms with Gasteiger partial charge in [0.25, 0.3) is 11.5 Å². The second kappa shape index (κ2) is 10.1. The van der Waals surface area contributed by atoms with Crippen molar-refractivity contribution in [3.63, 3.8) is 0 Å². The summed E-state index contributed by atoms with van der Waals surface area (Å²) >= 11 is 0. The Morgan fingerprint density at radius 1 is 1.30 bits per heavy atom. The number of nitrogens with two attached hydrogens (primary N) is 1. The summed E-state index contributed by atoms with van der Waals surface area (Å²) in [6, 6.07) is 4.83. The lowest BCUT2D eigenvalue weighted by molar-refractivity contribution is -0.121. The highest BCUT2D eigenvalue weighted by atomic mass is 16.6. The number of nitrogens with zero attached hydrogens (tertiary/aromatic N) is 1. The van der Waals surface area contributed by atoms with Crippen molar-refractivity contribution in [1.82, 2.24) is 14.9 Å².